The van der Waals surface area contributed by atoms with Crippen LogP contribution in [0.15, 0.2) is 48.5 Å². The molecule has 2 aromatic carbocycles. The van der Waals surface area contributed by atoms with Crippen molar-refractivity contribution in [3.8, 4) is 0 Å². The van der Waals surface area contributed by atoms with Crippen LogP contribution >= 0.6 is 58.0 Å². The highest BCUT2D eigenvalue weighted by molar-refractivity contribution is 6.67. The summed E-state index contributed by atoms with van der Waals surface area (Å²) >= 11 is 24.7. The number of ether oxygens (including phenoxy) is 1. The van der Waals surface area contributed by atoms with Crippen LogP contribution in [-0.2, 0) is 26.0 Å². The van der Waals surface area contributed by atoms with E-state index < -0.39 is 28.6 Å². The third-order valence-corrected chi connectivity index (χ3v) is 6.76. The lowest BCUT2D eigenvalue weighted by atomic mass is 9.81. The van der Waals surface area contributed by atoms with Gasteiger partial charge in [0.1, 0.15) is 5.88 Å². The van der Waals surface area contributed by atoms with Gasteiger partial charge in [-0.1, -0.05) is 42.0 Å². The Morgan fingerprint density at radius 3 is 2.17 bits per heavy atom. The maximum absolute atomic E-state index is 13.2. The number of halogens is 8. The average Bonchev–Trinajstić information content (AvgIpc) is 2.93. The maximum atomic E-state index is 13.2. The van der Waals surface area contributed by atoms with E-state index in [9.17, 15) is 22.8 Å². The summed E-state index contributed by atoms with van der Waals surface area (Å²) in [4.78, 5) is 21.1. The van der Waals surface area contributed by atoms with Crippen molar-refractivity contribution in [1.29, 1.82) is 0 Å². The molecule has 3 rings (SSSR count). The van der Waals surface area contributed by atoms with Crippen LogP contribution in [0.1, 0.15) is 48.1 Å². The monoisotopic (exact) mass is 664 g/mol. The fourth-order valence-electron chi connectivity index (χ4n) is 4.10. The smallest absolute Gasteiger partial charge is 0.372 e. The lowest BCUT2D eigenvalue weighted by Crippen LogP contribution is -2.57. The number of amides is 1. The minimum Gasteiger partial charge on any atom is -0.372 e. The van der Waals surface area contributed by atoms with Crippen LogP contribution in [0, 0.1) is 6.92 Å². The summed E-state index contributed by atoms with van der Waals surface area (Å²) in [6.45, 7) is 4.23. The Hall–Kier alpha value is -1.26. The van der Waals surface area contributed by atoms with E-state index in [0.717, 1.165) is 24.1 Å². The third kappa shape index (κ3) is 12.7. The largest absolute Gasteiger partial charge is 0.416 e. The number of carbonyl (C=O) groups excluding carboxylic acids is 2. The molecular formula is C27H32Cl5F3N2O3. The van der Waals surface area contributed by atoms with E-state index in [-0.39, 0.29) is 35.7 Å². The van der Waals surface area contributed by atoms with Crippen LogP contribution in [0.2, 0.25) is 0 Å². The fourth-order valence-corrected chi connectivity index (χ4v) is 4.18. The van der Waals surface area contributed by atoms with Crippen molar-refractivity contribution >= 4 is 69.2 Å². The molecule has 0 spiro atoms. The van der Waals surface area contributed by atoms with Gasteiger partial charge in [-0.25, -0.2) is 0 Å². The standard InChI is InChI=1S/C24H28ClF3N2O2.C2H2Cl2O.CH2Cl2/c1-16-10-18(12-20(11-16)24(26,27)28)17(2)32-15-23(19-6-4-3-5-7-19)9-8-21(14-29-23)30-22(31)13-25;3-1-2(4)5;2-1-3/h3-7,10-12,17,21,29H,8-9,13-15H2,1-2H3,(H,30,31);1H2;1H2/t17-,21+,23-;;/m1../s1. The fraction of sp³-hybridized carbons (Fsp3) is 0.481. The van der Waals surface area contributed by atoms with Gasteiger partial charge in [-0.15, -0.1) is 46.4 Å². The van der Waals surface area contributed by atoms with Gasteiger partial charge in [0, 0.05) is 12.6 Å². The molecular weight excluding hydrogens is 635 g/mol. The second-order valence-corrected chi connectivity index (χ2v) is 10.7. The molecule has 1 amide bonds. The molecule has 5 nitrogen and oxygen atoms in total. The Labute approximate surface area is 258 Å². The Balaban J connectivity index is 0.000000884. The van der Waals surface area contributed by atoms with Crippen molar-refractivity contribution in [2.75, 3.05) is 30.3 Å². The van der Waals surface area contributed by atoms with Gasteiger partial charge >= 0.3 is 6.18 Å². The Bertz CT molecular complexity index is 1050. The summed E-state index contributed by atoms with van der Waals surface area (Å²) in [6, 6.07) is 13.8. The van der Waals surface area contributed by atoms with Crippen LogP contribution < -0.4 is 10.6 Å². The third-order valence-electron chi connectivity index (χ3n) is 6.00. The van der Waals surface area contributed by atoms with Crippen molar-refractivity contribution in [1.82, 2.24) is 10.6 Å². The van der Waals surface area contributed by atoms with E-state index in [4.69, 9.17) is 62.7 Å². The summed E-state index contributed by atoms with van der Waals surface area (Å²) < 4.78 is 45.8. The Morgan fingerprint density at radius 2 is 1.70 bits per heavy atom. The Morgan fingerprint density at radius 1 is 1.10 bits per heavy atom. The lowest BCUT2D eigenvalue weighted by Gasteiger charge is -2.42. The molecule has 2 aromatic rings. The van der Waals surface area contributed by atoms with Gasteiger partial charge in [-0.2, -0.15) is 13.2 Å². The normalized spacial score (nSPS) is 19.3. The number of benzene rings is 2. The Kier molecular flexibility index (Phi) is 16.8. The molecule has 40 heavy (non-hydrogen) atoms. The highest BCUT2D eigenvalue weighted by atomic mass is 35.5. The molecule has 0 bridgehead atoms. The second kappa shape index (κ2) is 18.3. The predicted octanol–water partition coefficient (Wildman–Crippen LogP) is 7.51. The van der Waals surface area contributed by atoms with Gasteiger partial charge in [-0.05, 0) is 61.5 Å². The van der Waals surface area contributed by atoms with Crippen molar-refractivity contribution in [3.63, 3.8) is 0 Å². The molecule has 0 unspecified atom stereocenters. The number of alkyl halides is 7. The first kappa shape index (κ1) is 36.8. The van der Waals surface area contributed by atoms with E-state index in [2.05, 4.69) is 10.6 Å². The second-order valence-electron chi connectivity index (χ2n) is 8.94. The molecule has 13 heteroatoms. The number of nitrogens with one attached hydrogen (secondary N) is 2. The van der Waals surface area contributed by atoms with Gasteiger partial charge in [0.05, 0.1) is 35.0 Å². The topological polar surface area (TPSA) is 67.4 Å². The zero-order chi connectivity index (χ0) is 30.3. The summed E-state index contributed by atoms with van der Waals surface area (Å²) in [5.74, 6) is -0.394. The first-order chi connectivity index (χ1) is 18.8. The number of rotatable bonds is 8. The summed E-state index contributed by atoms with van der Waals surface area (Å²) in [7, 11) is 0. The highest BCUT2D eigenvalue weighted by Gasteiger charge is 2.38. The van der Waals surface area contributed by atoms with E-state index in [0.29, 0.717) is 24.1 Å². The van der Waals surface area contributed by atoms with Crippen molar-refractivity contribution < 1.29 is 27.5 Å². The molecule has 0 aromatic heterocycles. The zero-order valence-electron chi connectivity index (χ0n) is 22.0. The minimum atomic E-state index is -4.40. The van der Waals surface area contributed by atoms with Crippen LogP contribution in [0.25, 0.3) is 0 Å². The average molecular weight is 667 g/mol. The van der Waals surface area contributed by atoms with E-state index >= 15 is 0 Å². The molecule has 1 aliphatic heterocycles. The summed E-state index contributed by atoms with van der Waals surface area (Å²) in [5.41, 5.74) is 0.887. The van der Waals surface area contributed by atoms with Gasteiger partial charge in [0.15, 0.2) is 0 Å². The number of hydrogen-bond donors (Lipinski definition) is 2. The number of piperidine rings is 1. The molecule has 2 N–H and O–H groups in total. The molecule has 1 fully saturated rings. The van der Waals surface area contributed by atoms with Gasteiger partial charge in [-0.3, -0.25) is 9.59 Å². The van der Waals surface area contributed by atoms with Crippen LogP contribution in [0.3, 0.4) is 0 Å². The highest BCUT2D eigenvalue weighted by Crippen LogP contribution is 2.35. The van der Waals surface area contributed by atoms with Crippen molar-refractivity contribution in [2.45, 2.75) is 50.6 Å². The van der Waals surface area contributed by atoms with E-state index in [1.54, 1.807) is 19.9 Å². The molecule has 0 saturated carbocycles. The van der Waals surface area contributed by atoms with Crippen molar-refractivity contribution in [2.24, 2.45) is 0 Å². The maximum Gasteiger partial charge on any atom is 0.416 e. The summed E-state index contributed by atoms with van der Waals surface area (Å²) in [5, 5.41) is 6.10. The minimum absolute atomic E-state index is 0.0402. The number of carbonyl (C=O) groups is 2. The zero-order valence-corrected chi connectivity index (χ0v) is 25.8. The summed E-state index contributed by atoms with van der Waals surface area (Å²) in [6.07, 6.45) is -3.50. The molecule has 224 valence electrons. The molecule has 3 atom stereocenters. The molecule has 0 aliphatic carbocycles. The van der Waals surface area contributed by atoms with Crippen LogP contribution in [0.4, 0.5) is 13.2 Å². The van der Waals surface area contributed by atoms with Gasteiger partial charge in [0.2, 0.25) is 11.1 Å². The molecule has 0 radical (unpaired) electrons. The quantitative estimate of drug-likeness (QED) is 0.226. The van der Waals surface area contributed by atoms with Gasteiger partial charge in [0.25, 0.3) is 0 Å². The lowest BCUT2D eigenvalue weighted by molar-refractivity contribution is -0.137. The first-order valence-corrected chi connectivity index (χ1v) is 14.7. The van der Waals surface area contributed by atoms with Crippen LogP contribution in [0.5, 0.6) is 0 Å². The van der Waals surface area contributed by atoms with Crippen LogP contribution in [-0.4, -0.2) is 47.4 Å². The molecule has 1 heterocycles. The SMILES string of the molecule is Cc1cc([C@@H](C)OC[C@@]2(c3ccccc3)CC[C@H](NC(=O)CCl)CN2)cc(C(F)(F)F)c1.ClCCl.O=C(Cl)CCl. The van der Waals surface area contributed by atoms with Crippen molar-refractivity contribution in [3.05, 3.63) is 70.8 Å². The van der Waals surface area contributed by atoms with E-state index in [1.807, 2.05) is 30.3 Å². The number of aryl methyl sites for hydroxylation is 1. The first-order valence-electron chi connectivity index (χ1n) is 12.1. The molecule has 1 saturated heterocycles. The van der Waals surface area contributed by atoms with Gasteiger partial charge < -0.3 is 15.4 Å². The predicted molar refractivity (Wildman–Crippen MR) is 157 cm³/mol. The van der Waals surface area contributed by atoms with E-state index in [1.165, 1.54) is 0 Å². The molecule has 1 aliphatic rings. The number of hydrogen-bond acceptors (Lipinski definition) is 4.